The van der Waals surface area contributed by atoms with Crippen molar-refractivity contribution < 1.29 is 4.74 Å². The third-order valence-corrected chi connectivity index (χ3v) is 2.29. The van der Waals surface area contributed by atoms with Crippen LogP contribution in [0.5, 0.6) is 0 Å². The Labute approximate surface area is 95.2 Å². The summed E-state index contributed by atoms with van der Waals surface area (Å²) in [6.45, 7) is 13.7. The fourth-order valence-corrected chi connectivity index (χ4v) is 1.52. The highest BCUT2D eigenvalue weighted by Gasteiger charge is 2.05. The van der Waals surface area contributed by atoms with Gasteiger partial charge < -0.3 is 15.0 Å². The van der Waals surface area contributed by atoms with Gasteiger partial charge in [-0.2, -0.15) is 0 Å². The van der Waals surface area contributed by atoms with Gasteiger partial charge >= 0.3 is 0 Å². The SMILES string of the molecule is CCNCC(C)CN(C)CCOC(C)C. The van der Waals surface area contributed by atoms with E-state index in [1.807, 2.05) is 0 Å². The van der Waals surface area contributed by atoms with Crippen LogP contribution in [0.2, 0.25) is 0 Å². The molecule has 0 rings (SSSR count). The molecule has 0 aliphatic carbocycles. The summed E-state index contributed by atoms with van der Waals surface area (Å²) in [4.78, 5) is 2.34. The summed E-state index contributed by atoms with van der Waals surface area (Å²) >= 11 is 0. The molecule has 1 atom stereocenters. The molecule has 0 heterocycles. The quantitative estimate of drug-likeness (QED) is 0.633. The molecule has 1 unspecified atom stereocenters. The number of ether oxygens (including phenoxy) is 1. The third-order valence-electron chi connectivity index (χ3n) is 2.29. The number of nitrogens with zero attached hydrogens (tertiary/aromatic N) is 1. The van der Waals surface area contributed by atoms with E-state index in [1.54, 1.807) is 0 Å². The Morgan fingerprint density at radius 3 is 2.47 bits per heavy atom. The monoisotopic (exact) mass is 216 g/mol. The van der Waals surface area contributed by atoms with Gasteiger partial charge in [-0.1, -0.05) is 13.8 Å². The fraction of sp³-hybridized carbons (Fsp3) is 1.00. The number of hydrogen-bond donors (Lipinski definition) is 1. The highest BCUT2D eigenvalue weighted by molar-refractivity contribution is 4.61. The minimum absolute atomic E-state index is 0.345. The highest BCUT2D eigenvalue weighted by atomic mass is 16.5. The van der Waals surface area contributed by atoms with Crippen LogP contribution in [0.4, 0.5) is 0 Å². The second-order valence-corrected chi connectivity index (χ2v) is 4.59. The van der Waals surface area contributed by atoms with E-state index in [0.29, 0.717) is 12.0 Å². The van der Waals surface area contributed by atoms with Gasteiger partial charge in [0.05, 0.1) is 12.7 Å². The average molecular weight is 216 g/mol. The molecular weight excluding hydrogens is 188 g/mol. The maximum Gasteiger partial charge on any atom is 0.0596 e. The summed E-state index contributed by atoms with van der Waals surface area (Å²) in [6.07, 6.45) is 0.345. The highest BCUT2D eigenvalue weighted by Crippen LogP contribution is 1.97. The first-order chi connectivity index (χ1) is 7.06. The Morgan fingerprint density at radius 2 is 1.93 bits per heavy atom. The fourth-order valence-electron chi connectivity index (χ4n) is 1.52. The van der Waals surface area contributed by atoms with E-state index in [-0.39, 0.29) is 0 Å². The van der Waals surface area contributed by atoms with Gasteiger partial charge in [-0.25, -0.2) is 0 Å². The molecule has 15 heavy (non-hydrogen) atoms. The van der Waals surface area contributed by atoms with Crippen molar-refractivity contribution >= 4 is 0 Å². The summed E-state index contributed by atoms with van der Waals surface area (Å²) in [5, 5.41) is 3.37. The number of nitrogens with one attached hydrogen (secondary N) is 1. The molecule has 0 aliphatic heterocycles. The van der Waals surface area contributed by atoms with Gasteiger partial charge in [-0.15, -0.1) is 0 Å². The van der Waals surface area contributed by atoms with Crippen molar-refractivity contribution in [1.29, 1.82) is 0 Å². The van der Waals surface area contributed by atoms with Gasteiger partial charge in [0, 0.05) is 13.1 Å². The Balaban J connectivity index is 3.42. The standard InChI is InChI=1S/C12H28N2O/c1-6-13-9-12(4)10-14(5)7-8-15-11(2)3/h11-13H,6-10H2,1-5H3. The summed E-state index contributed by atoms with van der Waals surface area (Å²) in [5.74, 6) is 0.703. The third kappa shape index (κ3) is 10.2. The predicted molar refractivity (Wildman–Crippen MR) is 66.3 cm³/mol. The molecule has 92 valence electrons. The molecule has 0 fully saturated rings. The Morgan fingerprint density at radius 1 is 1.27 bits per heavy atom. The first-order valence-corrected chi connectivity index (χ1v) is 6.07. The van der Waals surface area contributed by atoms with Gasteiger partial charge in [0.1, 0.15) is 0 Å². The smallest absolute Gasteiger partial charge is 0.0596 e. The molecule has 0 aromatic rings. The molecule has 0 saturated carbocycles. The van der Waals surface area contributed by atoms with Crippen LogP contribution in [0.1, 0.15) is 27.7 Å². The summed E-state index contributed by atoms with van der Waals surface area (Å²) in [5.41, 5.74) is 0. The van der Waals surface area contributed by atoms with Gasteiger partial charge in [-0.3, -0.25) is 0 Å². The zero-order valence-corrected chi connectivity index (χ0v) is 11.0. The van der Waals surface area contributed by atoms with Crippen molar-refractivity contribution in [3.05, 3.63) is 0 Å². The van der Waals surface area contributed by atoms with Crippen LogP contribution in [0.25, 0.3) is 0 Å². The molecular formula is C12H28N2O. The van der Waals surface area contributed by atoms with E-state index >= 15 is 0 Å². The minimum atomic E-state index is 0.345. The molecule has 3 heteroatoms. The zero-order chi connectivity index (χ0) is 11.7. The Hall–Kier alpha value is -0.120. The largest absolute Gasteiger partial charge is 0.377 e. The van der Waals surface area contributed by atoms with Gasteiger partial charge in [0.2, 0.25) is 0 Å². The van der Waals surface area contributed by atoms with Gasteiger partial charge in [0.15, 0.2) is 0 Å². The summed E-state index contributed by atoms with van der Waals surface area (Å²) in [7, 11) is 2.16. The predicted octanol–water partition coefficient (Wildman–Crippen LogP) is 1.59. The van der Waals surface area contributed by atoms with Crippen molar-refractivity contribution in [2.75, 3.05) is 39.8 Å². The van der Waals surface area contributed by atoms with Crippen LogP contribution in [0, 0.1) is 5.92 Å². The zero-order valence-electron chi connectivity index (χ0n) is 11.0. The number of hydrogen-bond acceptors (Lipinski definition) is 3. The van der Waals surface area contributed by atoms with E-state index < -0.39 is 0 Å². The lowest BCUT2D eigenvalue weighted by atomic mass is 10.1. The molecule has 0 aromatic carbocycles. The van der Waals surface area contributed by atoms with E-state index in [2.05, 4.69) is 45.0 Å². The van der Waals surface area contributed by atoms with Crippen LogP contribution in [0.15, 0.2) is 0 Å². The van der Waals surface area contributed by atoms with Crippen molar-refractivity contribution in [2.24, 2.45) is 5.92 Å². The van der Waals surface area contributed by atoms with Crippen molar-refractivity contribution in [2.45, 2.75) is 33.8 Å². The average Bonchev–Trinajstić information content (AvgIpc) is 2.14. The number of rotatable bonds is 9. The molecule has 0 aromatic heterocycles. The van der Waals surface area contributed by atoms with Crippen LogP contribution in [-0.2, 0) is 4.74 Å². The van der Waals surface area contributed by atoms with E-state index in [0.717, 1.165) is 32.8 Å². The van der Waals surface area contributed by atoms with Crippen LogP contribution >= 0.6 is 0 Å². The van der Waals surface area contributed by atoms with Gasteiger partial charge in [0.25, 0.3) is 0 Å². The lowest BCUT2D eigenvalue weighted by Gasteiger charge is -2.21. The van der Waals surface area contributed by atoms with Crippen LogP contribution < -0.4 is 5.32 Å². The molecule has 0 saturated heterocycles. The van der Waals surface area contributed by atoms with Crippen molar-refractivity contribution in [1.82, 2.24) is 10.2 Å². The van der Waals surface area contributed by atoms with Crippen molar-refractivity contribution in [3.8, 4) is 0 Å². The lowest BCUT2D eigenvalue weighted by Crippen LogP contribution is -2.33. The second kappa shape index (κ2) is 9.13. The normalized spacial score (nSPS) is 13.8. The Kier molecular flexibility index (Phi) is 9.06. The first-order valence-electron chi connectivity index (χ1n) is 6.07. The molecule has 1 N–H and O–H groups in total. The van der Waals surface area contributed by atoms with Gasteiger partial charge in [-0.05, 0) is 39.9 Å². The topological polar surface area (TPSA) is 24.5 Å². The maximum atomic E-state index is 5.52. The van der Waals surface area contributed by atoms with Crippen LogP contribution in [0.3, 0.4) is 0 Å². The molecule has 0 radical (unpaired) electrons. The maximum absolute atomic E-state index is 5.52. The van der Waals surface area contributed by atoms with Crippen molar-refractivity contribution in [3.63, 3.8) is 0 Å². The first kappa shape index (κ1) is 14.9. The lowest BCUT2D eigenvalue weighted by molar-refractivity contribution is 0.0617. The van der Waals surface area contributed by atoms with E-state index in [1.165, 1.54) is 0 Å². The molecule has 0 aliphatic rings. The summed E-state index contributed by atoms with van der Waals surface area (Å²) in [6, 6.07) is 0. The molecule has 0 amide bonds. The minimum Gasteiger partial charge on any atom is -0.377 e. The van der Waals surface area contributed by atoms with Crippen LogP contribution in [-0.4, -0.2) is 50.8 Å². The van der Waals surface area contributed by atoms with E-state index in [4.69, 9.17) is 4.74 Å². The Bertz CT molecular complexity index is 140. The molecule has 0 spiro atoms. The molecule has 3 nitrogen and oxygen atoms in total. The van der Waals surface area contributed by atoms with E-state index in [9.17, 15) is 0 Å². The second-order valence-electron chi connectivity index (χ2n) is 4.59. The number of likely N-dealkylation sites (N-methyl/N-ethyl adjacent to an activating group) is 1. The summed E-state index contributed by atoms with van der Waals surface area (Å²) < 4.78 is 5.52. The molecule has 0 bridgehead atoms.